The van der Waals surface area contributed by atoms with E-state index in [9.17, 15) is 52.7 Å². The highest BCUT2D eigenvalue weighted by atomic mass is 31.2. The third kappa shape index (κ3) is 8.61. The van der Waals surface area contributed by atoms with Crippen molar-refractivity contribution in [1.29, 1.82) is 0 Å². The molecule has 8 aromatic carbocycles. The molecule has 0 saturated heterocycles. The van der Waals surface area contributed by atoms with Crippen molar-refractivity contribution in [3.05, 3.63) is 237 Å². The molecule has 0 aliphatic rings. The minimum atomic E-state index is -7.22. The van der Waals surface area contributed by atoms with Gasteiger partial charge in [-0.1, -0.05) is 66.7 Å². The lowest BCUT2D eigenvalue weighted by Gasteiger charge is -2.44. The van der Waals surface area contributed by atoms with E-state index in [0.717, 1.165) is 11.9 Å². The van der Waals surface area contributed by atoms with E-state index in [-0.39, 0.29) is 0 Å². The summed E-state index contributed by atoms with van der Waals surface area (Å²) in [6.07, 6.45) is -6.24. The average molecular weight is 1060 g/mol. The van der Waals surface area contributed by atoms with E-state index >= 15 is 35.1 Å². The summed E-state index contributed by atoms with van der Waals surface area (Å²) in [7, 11) is -0.127. The van der Waals surface area contributed by atoms with Crippen molar-refractivity contribution < 1.29 is 92.5 Å². The van der Waals surface area contributed by atoms with Crippen LogP contribution < -0.4 is 42.5 Å². The average Bonchev–Trinajstić information content (AvgIpc) is 3.41. The molecule has 8 rings (SSSR count). The van der Waals surface area contributed by atoms with E-state index in [4.69, 9.17) is 4.74 Å². The van der Waals surface area contributed by atoms with Gasteiger partial charge in [-0.25, -0.2) is 87.8 Å². The van der Waals surface area contributed by atoms with Crippen molar-refractivity contribution in [2.45, 2.75) is 6.16 Å². The van der Waals surface area contributed by atoms with E-state index in [2.05, 4.69) is 115 Å². The number of rotatable bonds is 10. The van der Waals surface area contributed by atoms with Crippen molar-refractivity contribution in [3.8, 4) is 5.75 Å². The summed E-state index contributed by atoms with van der Waals surface area (Å²) >= 11 is 0. The largest absolute Gasteiger partial charge is 0.497 e. The first-order valence-corrected chi connectivity index (χ1v) is 22.4. The normalized spacial score (nSPS) is 11.7. The lowest BCUT2D eigenvalue weighted by atomic mass is 9.12. The van der Waals surface area contributed by atoms with Gasteiger partial charge in [-0.05, 0) is 54.1 Å². The van der Waals surface area contributed by atoms with Crippen molar-refractivity contribution in [3.63, 3.8) is 0 Å². The molecular formula is C50H24BF20OP. The van der Waals surface area contributed by atoms with Gasteiger partial charge in [-0.3, -0.25) is 0 Å². The Bertz CT molecular complexity index is 2920. The molecule has 0 aliphatic carbocycles. The quantitative estimate of drug-likeness (QED) is 0.0436. The summed E-state index contributed by atoms with van der Waals surface area (Å²) in [5.41, 5.74) is -13.0. The van der Waals surface area contributed by atoms with Crippen LogP contribution in [0.5, 0.6) is 5.75 Å². The zero-order valence-electron chi connectivity index (χ0n) is 36.2. The molecule has 0 amide bonds. The molecule has 0 heterocycles. The van der Waals surface area contributed by atoms with Gasteiger partial charge in [0.2, 0.25) is 0 Å². The number of hydrogen-bond donors (Lipinski definition) is 0. The SMILES string of the molecule is COc1ccc(C[P+](c2ccccc2)(c2ccccc2)c2ccccc2)cc1.Fc1c(F)c(F)c([B-](c2c(F)c(F)c(F)c(F)c2F)(c2c(F)c(F)c(F)c(F)c2F)c2c(F)c(F)c(F)c(F)c2F)c(F)c1F. The molecule has 0 aromatic heterocycles. The molecule has 8 aromatic rings. The minimum Gasteiger partial charge on any atom is -0.497 e. The molecule has 0 spiro atoms. The van der Waals surface area contributed by atoms with Gasteiger partial charge < -0.3 is 4.74 Å². The molecule has 0 radical (unpaired) electrons. The van der Waals surface area contributed by atoms with Gasteiger partial charge in [-0.15, -0.1) is 21.9 Å². The maximum atomic E-state index is 15.4. The molecule has 0 atom stereocenters. The maximum Gasteiger partial charge on any atom is 0.200 e. The van der Waals surface area contributed by atoms with Crippen molar-refractivity contribution in [2.24, 2.45) is 0 Å². The highest BCUT2D eigenvalue weighted by Crippen LogP contribution is 2.58. The maximum absolute atomic E-state index is 15.4. The Kier molecular flexibility index (Phi) is 15.1. The Morgan fingerprint density at radius 3 is 0.699 bits per heavy atom. The minimum absolute atomic E-state index is 0.895. The molecule has 0 saturated carbocycles. The van der Waals surface area contributed by atoms with E-state index in [1.54, 1.807) is 7.11 Å². The first kappa shape index (κ1) is 53.5. The number of ether oxygens (including phenoxy) is 1. The zero-order chi connectivity index (χ0) is 53.6. The predicted octanol–water partition coefficient (Wildman–Crippen LogP) is 11.0. The number of benzene rings is 8. The highest BCUT2D eigenvalue weighted by Gasteiger charge is 2.52. The molecule has 0 bridgehead atoms. The van der Waals surface area contributed by atoms with Crippen LogP contribution >= 0.6 is 7.26 Å². The third-order valence-electron chi connectivity index (χ3n) is 11.9. The molecule has 73 heavy (non-hydrogen) atoms. The van der Waals surface area contributed by atoms with Gasteiger partial charge in [0, 0.05) is 0 Å². The Labute approximate surface area is 399 Å². The van der Waals surface area contributed by atoms with E-state index in [1.807, 2.05) is 0 Å². The molecular weight excluding hydrogens is 1040 g/mol. The van der Waals surface area contributed by atoms with E-state index in [1.165, 1.54) is 21.5 Å². The topological polar surface area (TPSA) is 9.23 Å². The molecule has 0 N–H and O–H groups in total. The fourth-order valence-electron chi connectivity index (χ4n) is 8.65. The smallest absolute Gasteiger partial charge is 0.200 e. The first-order valence-electron chi connectivity index (χ1n) is 20.4. The third-order valence-corrected chi connectivity index (χ3v) is 16.3. The predicted molar refractivity (Wildman–Crippen MR) is 231 cm³/mol. The van der Waals surface area contributed by atoms with Crippen LogP contribution in [0.15, 0.2) is 115 Å². The summed E-state index contributed by atoms with van der Waals surface area (Å²) in [6, 6.07) is 41.5. The fourth-order valence-corrected chi connectivity index (χ4v) is 12.9. The van der Waals surface area contributed by atoms with Crippen molar-refractivity contribution in [2.75, 3.05) is 7.11 Å². The van der Waals surface area contributed by atoms with Crippen LogP contribution in [0.2, 0.25) is 0 Å². The Morgan fingerprint density at radius 2 is 0.493 bits per heavy atom. The number of halogens is 20. The van der Waals surface area contributed by atoms with Gasteiger partial charge in [0.25, 0.3) is 0 Å². The number of methoxy groups -OCH3 is 1. The summed E-state index contributed by atoms with van der Waals surface area (Å²) in [6.45, 7) is 0. The molecule has 378 valence electrons. The number of hydrogen-bond acceptors (Lipinski definition) is 1. The summed E-state index contributed by atoms with van der Waals surface area (Å²) in [5, 5.41) is 4.22. The van der Waals surface area contributed by atoms with Crippen molar-refractivity contribution in [1.82, 2.24) is 0 Å². The Hall–Kier alpha value is -7.35. The lowest BCUT2D eigenvalue weighted by molar-refractivity contribution is 0.378. The standard InChI is InChI=1S/C26H24OP.C24BF20/c1-27-23-19-17-22(18-20-23)21-28(24-11-5-2-6-12-24,25-13-7-3-8-14-25)26-15-9-4-10-16-26;26-5-1(6(27)14(35)21(42)13(5)34)25(2-7(28)15(36)22(43)16(37)8(2)29,3-9(30)17(38)23(44)18(39)10(3)31)4-11(32)19(40)24(45)20(41)12(4)33/h2-20H,21H2,1H3;/q+1;-1. The second kappa shape index (κ2) is 20.6. The van der Waals surface area contributed by atoms with Gasteiger partial charge in [-0.2, -0.15) is 0 Å². The second-order valence-electron chi connectivity index (χ2n) is 15.6. The van der Waals surface area contributed by atoms with Gasteiger partial charge in [0.15, 0.2) is 69.8 Å². The fraction of sp³-hybridized carbons (Fsp3) is 0.0400. The summed E-state index contributed by atoms with van der Waals surface area (Å²) in [5.74, 6) is -70.5. The monoisotopic (exact) mass is 1060 g/mol. The van der Waals surface area contributed by atoms with Crippen molar-refractivity contribution >= 4 is 51.2 Å². The van der Waals surface area contributed by atoms with E-state index < -0.39 is 152 Å². The van der Waals surface area contributed by atoms with Crippen LogP contribution in [0.3, 0.4) is 0 Å². The Morgan fingerprint density at radius 1 is 0.288 bits per heavy atom. The highest BCUT2D eigenvalue weighted by molar-refractivity contribution is 7.95. The first-order chi connectivity index (χ1) is 34.5. The van der Waals surface area contributed by atoms with Gasteiger partial charge >= 0.3 is 0 Å². The molecule has 0 fully saturated rings. The summed E-state index contributed by atoms with van der Waals surface area (Å²) < 4.78 is 299. The van der Waals surface area contributed by atoms with Crippen LogP contribution in [0, 0.1) is 116 Å². The second-order valence-corrected chi connectivity index (χ2v) is 19.1. The molecule has 0 aliphatic heterocycles. The van der Waals surface area contributed by atoms with Crippen LogP contribution in [-0.2, 0) is 6.16 Å². The zero-order valence-corrected chi connectivity index (χ0v) is 37.1. The van der Waals surface area contributed by atoms with Crippen LogP contribution in [0.4, 0.5) is 87.8 Å². The van der Waals surface area contributed by atoms with Crippen LogP contribution in [0.1, 0.15) is 5.56 Å². The molecule has 1 nitrogen and oxygen atoms in total. The molecule has 23 heteroatoms. The van der Waals surface area contributed by atoms with Crippen LogP contribution in [-0.4, -0.2) is 13.3 Å². The Balaban J connectivity index is 0.000000237. The van der Waals surface area contributed by atoms with E-state index in [0.29, 0.717) is 0 Å². The molecule has 0 unspecified atom stereocenters. The van der Waals surface area contributed by atoms with Crippen LogP contribution in [0.25, 0.3) is 0 Å². The lowest BCUT2D eigenvalue weighted by Crippen LogP contribution is -2.81. The van der Waals surface area contributed by atoms with Gasteiger partial charge in [0.1, 0.15) is 81.6 Å². The summed E-state index contributed by atoms with van der Waals surface area (Å²) in [4.78, 5) is 0. The van der Waals surface area contributed by atoms with Gasteiger partial charge in [0.05, 0.1) is 13.3 Å².